The highest BCUT2D eigenvalue weighted by Gasteiger charge is 2.11. The van der Waals surface area contributed by atoms with Gasteiger partial charge >= 0.3 is 0 Å². The Hall–Kier alpha value is -2.00. The van der Waals surface area contributed by atoms with Crippen LogP contribution >= 0.6 is 23.1 Å². The second-order valence-electron chi connectivity index (χ2n) is 5.46. The van der Waals surface area contributed by atoms with Crippen molar-refractivity contribution >= 4 is 28.2 Å². The van der Waals surface area contributed by atoms with Gasteiger partial charge in [-0.1, -0.05) is 42.1 Å². The molecule has 1 aromatic carbocycles. The van der Waals surface area contributed by atoms with Gasteiger partial charge in [0, 0.05) is 12.1 Å². The molecule has 9 heteroatoms. The number of hydrogen-bond donors (Lipinski definition) is 1. The summed E-state index contributed by atoms with van der Waals surface area (Å²) < 4.78 is 19.0. The molecule has 1 N–H and O–H groups in total. The third kappa shape index (κ3) is 4.51. The maximum absolute atomic E-state index is 12.9. The Bertz CT molecular complexity index is 787. The molecule has 0 fully saturated rings. The standard InChI is InChI=1S/C15H16FN5OS2/c1-9(2)7-17-14-19-20-15(24-14)23-8-12-18-13(21-22-12)10-3-5-11(16)6-4-10/h3-6,9H,7-8H2,1-2H3,(H,17,19). The zero-order chi connectivity index (χ0) is 16.9. The van der Waals surface area contributed by atoms with Gasteiger partial charge in [-0.15, -0.1) is 10.2 Å². The predicted octanol–water partition coefficient (Wildman–Crippen LogP) is 4.09. The molecule has 2 heterocycles. The van der Waals surface area contributed by atoms with E-state index in [0.717, 1.165) is 16.0 Å². The number of nitrogens with one attached hydrogen (secondary N) is 1. The zero-order valence-corrected chi connectivity index (χ0v) is 14.8. The molecule has 3 rings (SSSR count). The van der Waals surface area contributed by atoms with Crippen molar-refractivity contribution in [2.24, 2.45) is 5.92 Å². The first-order valence-corrected chi connectivity index (χ1v) is 9.19. The molecule has 0 amide bonds. The molecule has 3 aromatic rings. The molecule has 126 valence electrons. The first kappa shape index (κ1) is 16.8. The zero-order valence-electron chi connectivity index (χ0n) is 13.2. The number of aromatic nitrogens is 4. The summed E-state index contributed by atoms with van der Waals surface area (Å²) in [5.74, 6) is 1.70. The number of rotatable bonds is 7. The van der Waals surface area contributed by atoms with Gasteiger partial charge in [-0.3, -0.25) is 0 Å². The van der Waals surface area contributed by atoms with Gasteiger partial charge < -0.3 is 9.84 Å². The lowest BCUT2D eigenvalue weighted by atomic mass is 10.2. The number of anilines is 1. The fourth-order valence-corrected chi connectivity index (χ4v) is 3.38. The summed E-state index contributed by atoms with van der Waals surface area (Å²) in [4.78, 5) is 4.31. The number of halogens is 1. The van der Waals surface area contributed by atoms with Crippen LogP contribution in [0.1, 0.15) is 19.7 Å². The number of nitrogens with zero attached hydrogens (tertiary/aromatic N) is 4. The van der Waals surface area contributed by atoms with E-state index >= 15 is 0 Å². The molecular weight excluding hydrogens is 349 g/mol. The third-order valence-corrected chi connectivity index (χ3v) is 4.96. The van der Waals surface area contributed by atoms with E-state index < -0.39 is 0 Å². The Labute approximate surface area is 146 Å². The molecule has 0 atom stereocenters. The highest BCUT2D eigenvalue weighted by atomic mass is 32.2. The smallest absolute Gasteiger partial charge is 0.237 e. The van der Waals surface area contributed by atoms with Crippen molar-refractivity contribution in [3.05, 3.63) is 36.0 Å². The number of thioether (sulfide) groups is 1. The van der Waals surface area contributed by atoms with Crippen molar-refractivity contribution in [2.45, 2.75) is 23.9 Å². The van der Waals surface area contributed by atoms with E-state index in [9.17, 15) is 4.39 Å². The van der Waals surface area contributed by atoms with Gasteiger partial charge in [-0.25, -0.2) is 4.39 Å². The Kier molecular flexibility index (Phi) is 5.41. The quantitative estimate of drug-likeness (QED) is 0.632. The summed E-state index contributed by atoms with van der Waals surface area (Å²) in [5.41, 5.74) is 0.715. The minimum absolute atomic E-state index is 0.295. The van der Waals surface area contributed by atoms with Crippen LogP contribution in [0.15, 0.2) is 33.1 Å². The maximum atomic E-state index is 12.9. The average Bonchev–Trinajstić information content (AvgIpc) is 3.21. The molecule has 0 radical (unpaired) electrons. The van der Waals surface area contributed by atoms with Crippen molar-refractivity contribution in [1.82, 2.24) is 20.3 Å². The summed E-state index contributed by atoms with van der Waals surface area (Å²) in [6.07, 6.45) is 0. The van der Waals surface area contributed by atoms with Gasteiger partial charge in [-0.2, -0.15) is 4.98 Å². The van der Waals surface area contributed by atoms with Gasteiger partial charge in [0.25, 0.3) is 0 Å². The lowest BCUT2D eigenvalue weighted by Crippen LogP contribution is -2.07. The molecule has 0 aliphatic rings. The van der Waals surface area contributed by atoms with E-state index in [4.69, 9.17) is 4.52 Å². The lowest BCUT2D eigenvalue weighted by Gasteiger charge is -2.03. The number of benzene rings is 1. The molecule has 0 saturated heterocycles. The molecule has 6 nitrogen and oxygen atoms in total. The topological polar surface area (TPSA) is 76.7 Å². The minimum atomic E-state index is -0.295. The Morgan fingerprint density at radius 1 is 1.25 bits per heavy atom. The van der Waals surface area contributed by atoms with E-state index in [2.05, 4.69) is 39.5 Å². The van der Waals surface area contributed by atoms with Crippen LogP contribution in [0.25, 0.3) is 11.4 Å². The molecule has 0 aliphatic heterocycles. The maximum Gasteiger partial charge on any atom is 0.237 e. The average molecular weight is 365 g/mol. The molecular formula is C15H16FN5OS2. The Morgan fingerprint density at radius 2 is 2.04 bits per heavy atom. The molecule has 2 aromatic heterocycles. The second kappa shape index (κ2) is 7.71. The van der Waals surface area contributed by atoms with Gasteiger partial charge in [0.1, 0.15) is 5.82 Å². The molecule has 0 bridgehead atoms. The van der Waals surface area contributed by atoms with E-state index in [1.54, 1.807) is 12.1 Å². The van der Waals surface area contributed by atoms with E-state index in [1.807, 2.05) is 0 Å². The highest BCUT2D eigenvalue weighted by Crippen LogP contribution is 2.28. The van der Waals surface area contributed by atoms with E-state index in [0.29, 0.717) is 28.9 Å². The lowest BCUT2D eigenvalue weighted by molar-refractivity contribution is 0.391. The van der Waals surface area contributed by atoms with Crippen LogP contribution in [-0.4, -0.2) is 26.9 Å². The van der Waals surface area contributed by atoms with Gasteiger partial charge in [0.2, 0.25) is 16.8 Å². The number of hydrogen-bond acceptors (Lipinski definition) is 8. The fraction of sp³-hybridized carbons (Fsp3) is 0.333. The van der Waals surface area contributed by atoms with Crippen LogP contribution in [0, 0.1) is 11.7 Å². The van der Waals surface area contributed by atoms with Gasteiger partial charge in [0.05, 0.1) is 5.75 Å². The Morgan fingerprint density at radius 3 is 2.79 bits per heavy atom. The van der Waals surface area contributed by atoms with Crippen LogP contribution in [0.5, 0.6) is 0 Å². The van der Waals surface area contributed by atoms with Gasteiger partial charge in [-0.05, 0) is 30.2 Å². The predicted molar refractivity (Wildman–Crippen MR) is 92.5 cm³/mol. The van der Waals surface area contributed by atoms with Crippen LogP contribution < -0.4 is 5.32 Å². The van der Waals surface area contributed by atoms with Crippen LogP contribution in [0.4, 0.5) is 9.52 Å². The summed E-state index contributed by atoms with van der Waals surface area (Å²) in [5, 5.41) is 16.2. The Balaban J connectivity index is 1.56. The van der Waals surface area contributed by atoms with Crippen LogP contribution in [-0.2, 0) is 5.75 Å². The molecule has 24 heavy (non-hydrogen) atoms. The summed E-state index contributed by atoms with van der Waals surface area (Å²) >= 11 is 2.99. The SMILES string of the molecule is CC(C)CNc1nnc(SCc2nc(-c3ccc(F)cc3)no2)s1. The fourth-order valence-electron chi connectivity index (χ4n) is 1.78. The molecule has 0 unspecified atom stereocenters. The third-order valence-electron chi connectivity index (χ3n) is 2.96. The van der Waals surface area contributed by atoms with Crippen LogP contribution in [0.2, 0.25) is 0 Å². The summed E-state index contributed by atoms with van der Waals surface area (Å²) in [7, 11) is 0. The van der Waals surface area contributed by atoms with E-state index in [1.165, 1.54) is 35.2 Å². The van der Waals surface area contributed by atoms with Crippen molar-refractivity contribution in [3.8, 4) is 11.4 Å². The molecule has 0 spiro atoms. The first-order valence-electron chi connectivity index (χ1n) is 7.39. The van der Waals surface area contributed by atoms with Crippen molar-refractivity contribution in [2.75, 3.05) is 11.9 Å². The highest BCUT2D eigenvalue weighted by molar-refractivity contribution is 8.00. The van der Waals surface area contributed by atoms with Gasteiger partial charge in [0.15, 0.2) is 4.34 Å². The second-order valence-corrected chi connectivity index (χ2v) is 7.66. The summed E-state index contributed by atoms with van der Waals surface area (Å²) in [6.45, 7) is 5.14. The van der Waals surface area contributed by atoms with Crippen LogP contribution in [0.3, 0.4) is 0 Å². The molecule has 0 saturated carbocycles. The molecule has 0 aliphatic carbocycles. The largest absolute Gasteiger partial charge is 0.360 e. The summed E-state index contributed by atoms with van der Waals surface area (Å²) in [6, 6.07) is 5.98. The normalized spacial score (nSPS) is 11.2. The minimum Gasteiger partial charge on any atom is -0.360 e. The van der Waals surface area contributed by atoms with Crippen molar-refractivity contribution in [1.29, 1.82) is 0 Å². The van der Waals surface area contributed by atoms with Crippen molar-refractivity contribution < 1.29 is 8.91 Å². The first-order chi connectivity index (χ1) is 11.6. The monoisotopic (exact) mass is 365 g/mol. The van der Waals surface area contributed by atoms with Crippen molar-refractivity contribution in [3.63, 3.8) is 0 Å². The van der Waals surface area contributed by atoms with E-state index in [-0.39, 0.29) is 5.82 Å².